The summed E-state index contributed by atoms with van der Waals surface area (Å²) in [4.78, 5) is 16.2. The first-order valence-electron chi connectivity index (χ1n) is 9.26. The third-order valence-corrected chi connectivity index (χ3v) is 5.68. The number of hydrogen-bond acceptors (Lipinski definition) is 3. The molecule has 8 heteroatoms. The van der Waals surface area contributed by atoms with Crippen LogP contribution in [-0.4, -0.2) is 59.0 Å². The van der Waals surface area contributed by atoms with Crippen LogP contribution < -0.4 is 0 Å². The molecule has 2 heterocycles. The molecule has 150 valence electrons. The molecule has 4 nitrogen and oxygen atoms in total. The van der Waals surface area contributed by atoms with E-state index >= 15 is 0 Å². The van der Waals surface area contributed by atoms with Crippen molar-refractivity contribution < 1.29 is 13.9 Å². The quantitative estimate of drug-likeness (QED) is 0.632. The van der Waals surface area contributed by atoms with Gasteiger partial charge in [-0.05, 0) is 61.9 Å². The van der Waals surface area contributed by atoms with Crippen LogP contribution in [0.5, 0.6) is 0 Å². The largest absolute Gasteiger partial charge is 0.445 e. The maximum absolute atomic E-state index is 13.1. The lowest BCUT2D eigenvalue weighted by molar-refractivity contribution is 0.109. The molecule has 2 aliphatic rings. The maximum atomic E-state index is 13.1. The van der Waals surface area contributed by atoms with Crippen LogP contribution >= 0.6 is 34.8 Å². The molecule has 2 saturated heterocycles. The fourth-order valence-electron chi connectivity index (χ4n) is 3.93. The fraction of sp³-hybridized carbons (Fsp3) is 0.632. The molecule has 1 amide bonds. The average molecular weight is 438 g/mol. The Morgan fingerprint density at radius 1 is 1.11 bits per heavy atom. The Bertz CT molecular complexity index is 631. The Labute approximate surface area is 174 Å². The second kappa shape index (κ2) is 9.17. The van der Waals surface area contributed by atoms with Crippen molar-refractivity contribution in [2.75, 3.05) is 39.3 Å². The lowest BCUT2D eigenvalue weighted by atomic mass is 9.89. The molecular weight excluding hydrogens is 414 g/mol. The zero-order chi connectivity index (χ0) is 19.4. The Kier molecular flexibility index (Phi) is 7.12. The van der Waals surface area contributed by atoms with E-state index in [1.807, 2.05) is 12.1 Å². The SMILES string of the molecule is O=C(OCC(Cl)(Cl)Cl)N1CC[C@H](CN2CCC(c3ccc(F)cc3)CC2)C1. The number of halogens is 4. The van der Waals surface area contributed by atoms with E-state index in [0.29, 0.717) is 24.9 Å². The summed E-state index contributed by atoms with van der Waals surface area (Å²) in [6.07, 6.45) is 2.69. The van der Waals surface area contributed by atoms with Crippen LogP contribution in [0.25, 0.3) is 0 Å². The second-order valence-electron chi connectivity index (χ2n) is 7.40. The number of likely N-dealkylation sites (tertiary alicyclic amines) is 2. The number of alkyl halides is 3. The molecule has 27 heavy (non-hydrogen) atoms. The minimum Gasteiger partial charge on any atom is -0.445 e. The molecule has 2 aliphatic heterocycles. The number of ether oxygens (including phenoxy) is 1. The summed E-state index contributed by atoms with van der Waals surface area (Å²) in [7, 11) is 0. The van der Waals surface area contributed by atoms with Crippen molar-refractivity contribution in [1.82, 2.24) is 9.80 Å². The van der Waals surface area contributed by atoms with Crippen molar-refractivity contribution in [1.29, 1.82) is 0 Å². The Morgan fingerprint density at radius 3 is 2.41 bits per heavy atom. The number of rotatable bonds is 4. The van der Waals surface area contributed by atoms with Gasteiger partial charge in [-0.15, -0.1) is 0 Å². The van der Waals surface area contributed by atoms with E-state index in [-0.39, 0.29) is 12.4 Å². The lowest BCUT2D eigenvalue weighted by Gasteiger charge is -2.33. The van der Waals surface area contributed by atoms with Crippen LogP contribution in [0.4, 0.5) is 9.18 Å². The predicted octanol–water partition coefficient (Wildman–Crippen LogP) is 4.83. The van der Waals surface area contributed by atoms with Gasteiger partial charge in [0.15, 0.2) is 0 Å². The normalized spacial score (nSPS) is 22.2. The van der Waals surface area contributed by atoms with Crippen LogP contribution in [0.15, 0.2) is 24.3 Å². The monoisotopic (exact) mass is 436 g/mol. The molecule has 0 spiro atoms. The number of amides is 1. The minimum absolute atomic E-state index is 0.186. The predicted molar refractivity (Wildman–Crippen MR) is 106 cm³/mol. The molecule has 2 fully saturated rings. The molecule has 1 aromatic carbocycles. The topological polar surface area (TPSA) is 32.8 Å². The van der Waals surface area contributed by atoms with Gasteiger partial charge in [0, 0.05) is 19.6 Å². The molecule has 0 radical (unpaired) electrons. The van der Waals surface area contributed by atoms with Crippen molar-refractivity contribution in [3.8, 4) is 0 Å². The Morgan fingerprint density at radius 2 is 1.78 bits per heavy atom. The number of carbonyl (C=O) groups excluding carboxylic acids is 1. The summed E-state index contributed by atoms with van der Waals surface area (Å²) in [6.45, 7) is 4.14. The summed E-state index contributed by atoms with van der Waals surface area (Å²) >= 11 is 16.8. The number of hydrogen-bond donors (Lipinski definition) is 0. The van der Waals surface area contributed by atoms with Crippen LogP contribution in [-0.2, 0) is 4.74 Å². The zero-order valence-electron chi connectivity index (χ0n) is 15.1. The third kappa shape index (κ3) is 6.38. The summed E-state index contributed by atoms with van der Waals surface area (Å²) in [5.41, 5.74) is 1.22. The number of piperidine rings is 1. The summed E-state index contributed by atoms with van der Waals surface area (Å²) in [6, 6.07) is 6.87. The minimum atomic E-state index is -1.58. The smallest absolute Gasteiger partial charge is 0.409 e. The van der Waals surface area contributed by atoms with Gasteiger partial charge in [-0.25, -0.2) is 9.18 Å². The van der Waals surface area contributed by atoms with Crippen LogP contribution in [0.1, 0.15) is 30.7 Å². The summed E-state index contributed by atoms with van der Waals surface area (Å²) in [5, 5.41) is 0. The third-order valence-electron chi connectivity index (χ3n) is 5.35. The first-order chi connectivity index (χ1) is 12.8. The van der Waals surface area contributed by atoms with Gasteiger partial charge >= 0.3 is 6.09 Å². The Balaban J connectivity index is 1.39. The molecule has 0 unspecified atom stereocenters. The van der Waals surface area contributed by atoms with Crippen molar-refractivity contribution >= 4 is 40.9 Å². The Hall–Kier alpha value is -0.750. The van der Waals surface area contributed by atoms with Crippen LogP contribution in [0.3, 0.4) is 0 Å². The maximum Gasteiger partial charge on any atom is 0.409 e. The van der Waals surface area contributed by atoms with E-state index < -0.39 is 9.89 Å². The average Bonchev–Trinajstić information content (AvgIpc) is 3.09. The molecule has 1 aromatic rings. The first-order valence-corrected chi connectivity index (χ1v) is 10.4. The van der Waals surface area contributed by atoms with Gasteiger partial charge in [-0.1, -0.05) is 46.9 Å². The van der Waals surface area contributed by atoms with E-state index in [9.17, 15) is 9.18 Å². The van der Waals surface area contributed by atoms with Gasteiger partial charge < -0.3 is 14.5 Å². The zero-order valence-corrected chi connectivity index (χ0v) is 17.3. The van der Waals surface area contributed by atoms with Crippen LogP contribution in [0, 0.1) is 11.7 Å². The number of carbonyl (C=O) groups is 1. The summed E-state index contributed by atoms with van der Waals surface area (Å²) in [5.74, 6) is 0.751. The molecular formula is C19H24Cl3FN2O2. The van der Waals surface area contributed by atoms with Crippen LogP contribution in [0.2, 0.25) is 0 Å². The van der Waals surface area contributed by atoms with E-state index in [1.54, 1.807) is 4.90 Å². The van der Waals surface area contributed by atoms with Gasteiger partial charge in [0.05, 0.1) is 0 Å². The van der Waals surface area contributed by atoms with Crippen molar-refractivity contribution in [2.24, 2.45) is 5.92 Å². The molecule has 0 bridgehead atoms. The van der Waals surface area contributed by atoms with E-state index in [2.05, 4.69) is 4.90 Å². The lowest BCUT2D eigenvalue weighted by Crippen LogP contribution is -2.38. The highest BCUT2D eigenvalue weighted by Gasteiger charge is 2.31. The molecule has 0 N–H and O–H groups in total. The van der Waals surface area contributed by atoms with E-state index in [0.717, 1.165) is 38.9 Å². The summed E-state index contributed by atoms with van der Waals surface area (Å²) < 4.78 is 16.5. The fourth-order valence-corrected chi connectivity index (χ4v) is 4.09. The van der Waals surface area contributed by atoms with Crippen molar-refractivity contribution in [2.45, 2.75) is 29.0 Å². The highest BCUT2D eigenvalue weighted by Crippen LogP contribution is 2.30. The van der Waals surface area contributed by atoms with E-state index in [1.165, 1.54) is 17.7 Å². The van der Waals surface area contributed by atoms with Gasteiger partial charge in [-0.3, -0.25) is 0 Å². The van der Waals surface area contributed by atoms with Gasteiger partial charge in [0.1, 0.15) is 12.4 Å². The van der Waals surface area contributed by atoms with E-state index in [4.69, 9.17) is 39.5 Å². The highest BCUT2D eigenvalue weighted by atomic mass is 35.6. The van der Waals surface area contributed by atoms with Gasteiger partial charge in [-0.2, -0.15) is 0 Å². The van der Waals surface area contributed by atoms with Gasteiger partial charge in [0.2, 0.25) is 3.79 Å². The number of benzene rings is 1. The number of nitrogens with zero attached hydrogens (tertiary/aromatic N) is 2. The van der Waals surface area contributed by atoms with Gasteiger partial charge in [0.25, 0.3) is 0 Å². The van der Waals surface area contributed by atoms with Crippen molar-refractivity contribution in [3.63, 3.8) is 0 Å². The molecule has 0 saturated carbocycles. The molecule has 3 rings (SSSR count). The molecule has 0 aromatic heterocycles. The standard InChI is InChI=1S/C19H24Cl3FN2O2/c20-19(21,22)13-27-18(26)25-10-5-14(12-25)11-24-8-6-16(7-9-24)15-1-3-17(23)4-2-15/h1-4,14,16H,5-13H2/t14-/m1/s1. The van der Waals surface area contributed by atoms with Crippen molar-refractivity contribution in [3.05, 3.63) is 35.6 Å². The molecule has 1 atom stereocenters. The molecule has 0 aliphatic carbocycles. The second-order valence-corrected chi connectivity index (χ2v) is 9.91. The first kappa shape index (κ1) is 21.0. The highest BCUT2D eigenvalue weighted by molar-refractivity contribution is 6.67.